The van der Waals surface area contributed by atoms with Crippen molar-refractivity contribution in [2.75, 3.05) is 27.3 Å². The standard InChI is InChI=1S/C14H24N2O/c1-11-5-7-13(8-6-11)14(9-15)16(3)12(2)10-17-4/h5-8,12,14H,9-10,15H2,1-4H3. The molecule has 0 radical (unpaired) electrons. The highest BCUT2D eigenvalue weighted by atomic mass is 16.5. The predicted octanol–water partition coefficient (Wildman–Crippen LogP) is 1.96. The summed E-state index contributed by atoms with van der Waals surface area (Å²) in [6.45, 7) is 5.59. The molecule has 1 aromatic rings. The largest absolute Gasteiger partial charge is 0.383 e. The van der Waals surface area contributed by atoms with Crippen LogP contribution in [0.4, 0.5) is 0 Å². The number of rotatable bonds is 6. The number of methoxy groups -OCH3 is 1. The van der Waals surface area contributed by atoms with E-state index in [2.05, 4.69) is 50.1 Å². The predicted molar refractivity (Wildman–Crippen MR) is 72.1 cm³/mol. The van der Waals surface area contributed by atoms with Crippen molar-refractivity contribution in [2.45, 2.75) is 25.9 Å². The van der Waals surface area contributed by atoms with Crippen molar-refractivity contribution in [1.29, 1.82) is 0 Å². The minimum Gasteiger partial charge on any atom is -0.383 e. The Morgan fingerprint density at radius 1 is 1.29 bits per heavy atom. The first kappa shape index (κ1) is 14.2. The van der Waals surface area contributed by atoms with E-state index in [-0.39, 0.29) is 6.04 Å². The Hall–Kier alpha value is -0.900. The van der Waals surface area contributed by atoms with Crippen molar-refractivity contribution in [3.63, 3.8) is 0 Å². The fraction of sp³-hybridized carbons (Fsp3) is 0.571. The molecule has 3 nitrogen and oxygen atoms in total. The molecule has 0 saturated carbocycles. The Bertz CT molecular complexity index is 323. The molecule has 0 heterocycles. The van der Waals surface area contributed by atoms with Crippen LogP contribution in [0.15, 0.2) is 24.3 Å². The lowest BCUT2D eigenvalue weighted by Gasteiger charge is -2.32. The number of benzene rings is 1. The van der Waals surface area contributed by atoms with E-state index in [1.54, 1.807) is 7.11 Å². The highest BCUT2D eigenvalue weighted by molar-refractivity contribution is 5.24. The molecule has 0 bridgehead atoms. The molecule has 0 aliphatic carbocycles. The van der Waals surface area contributed by atoms with Crippen molar-refractivity contribution in [2.24, 2.45) is 5.73 Å². The molecule has 3 heteroatoms. The summed E-state index contributed by atoms with van der Waals surface area (Å²) in [5, 5.41) is 0. The zero-order valence-corrected chi connectivity index (χ0v) is 11.3. The van der Waals surface area contributed by atoms with Crippen molar-refractivity contribution in [1.82, 2.24) is 4.90 Å². The maximum atomic E-state index is 5.90. The number of nitrogens with zero attached hydrogens (tertiary/aromatic N) is 1. The molecule has 17 heavy (non-hydrogen) atoms. The van der Waals surface area contributed by atoms with Crippen molar-refractivity contribution < 1.29 is 4.74 Å². The molecule has 0 fully saturated rings. The second-order valence-electron chi connectivity index (χ2n) is 4.63. The molecule has 0 aromatic heterocycles. The van der Waals surface area contributed by atoms with Crippen LogP contribution in [0, 0.1) is 6.92 Å². The van der Waals surface area contributed by atoms with E-state index in [9.17, 15) is 0 Å². The summed E-state index contributed by atoms with van der Waals surface area (Å²) in [7, 11) is 3.83. The van der Waals surface area contributed by atoms with Gasteiger partial charge < -0.3 is 10.5 Å². The van der Waals surface area contributed by atoms with E-state index in [0.717, 1.165) is 6.61 Å². The number of likely N-dealkylation sites (N-methyl/N-ethyl adjacent to an activating group) is 1. The monoisotopic (exact) mass is 236 g/mol. The summed E-state index contributed by atoms with van der Waals surface area (Å²) in [6.07, 6.45) is 0. The third-order valence-electron chi connectivity index (χ3n) is 3.28. The molecule has 96 valence electrons. The van der Waals surface area contributed by atoms with Gasteiger partial charge in [0.05, 0.1) is 6.61 Å². The summed E-state index contributed by atoms with van der Waals surface area (Å²) in [5.74, 6) is 0. The van der Waals surface area contributed by atoms with Gasteiger partial charge in [-0.25, -0.2) is 0 Å². The topological polar surface area (TPSA) is 38.5 Å². The highest BCUT2D eigenvalue weighted by Crippen LogP contribution is 2.20. The molecule has 0 saturated heterocycles. The van der Waals surface area contributed by atoms with Gasteiger partial charge in [0.2, 0.25) is 0 Å². The number of hydrogen-bond acceptors (Lipinski definition) is 3. The first-order valence-electron chi connectivity index (χ1n) is 6.07. The maximum absolute atomic E-state index is 5.90. The average Bonchev–Trinajstić information content (AvgIpc) is 2.32. The summed E-state index contributed by atoms with van der Waals surface area (Å²) in [6, 6.07) is 9.18. The van der Waals surface area contributed by atoms with E-state index < -0.39 is 0 Å². The minimum absolute atomic E-state index is 0.251. The van der Waals surface area contributed by atoms with Crippen LogP contribution >= 0.6 is 0 Å². The average molecular weight is 236 g/mol. The molecule has 0 aliphatic rings. The van der Waals surface area contributed by atoms with Gasteiger partial charge in [0, 0.05) is 25.7 Å². The molecular formula is C14H24N2O. The van der Waals surface area contributed by atoms with E-state index in [1.165, 1.54) is 11.1 Å². The zero-order chi connectivity index (χ0) is 12.8. The van der Waals surface area contributed by atoms with Crippen molar-refractivity contribution in [3.05, 3.63) is 35.4 Å². The number of hydrogen-bond donors (Lipinski definition) is 1. The second-order valence-corrected chi connectivity index (χ2v) is 4.63. The minimum atomic E-state index is 0.251. The first-order chi connectivity index (χ1) is 8.10. The Kier molecular flexibility index (Phi) is 5.62. The van der Waals surface area contributed by atoms with Crippen LogP contribution < -0.4 is 5.73 Å². The van der Waals surface area contributed by atoms with E-state index in [4.69, 9.17) is 10.5 Å². The first-order valence-corrected chi connectivity index (χ1v) is 6.07. The fourth-order valence-electron chi connectivity index (χ4n) is 1.99. The number of nitrogens with two attached hydrogens (primary N) is 1. The smallest absolute Gasteiger partial charge is 0.0615 e. The van der Waals surface area contributed by atoms with Crippen LogP contribution in [0.2, 0.25) is 0 Å². The van der Waals surface area contributed by atoms with Gasteiger partial charge in [0.15, 0.2) is 0 Å². The van der Waals surface area contributed by atoms with Gasteiger partial charge in [-0.2, -0.15) is 0 Å². The van der Waals surface area contributed by atoms with Crippen LogP contribution in [0.3, 0.4) is 0 Å². The molecule has 1 aromatic carbocycles. The van der Waals surface area contributed by atoms with Gasteiger partial charge in [-0.3, -0.25) is 4.90 Å². The van der Waals surface area contributed by atoms with Gasteiger partial charge in [0.1, 0.15) is 0 Å². The molecule has 0 amide bonds. The fourth-order valence-corrected chi connectivity index (χ4v) is 1.99. The second kappa shape index (κ2) is 6.74. The Labute approximate surface area is 105 Å². The van der Waals surface area contributed by atoms with Gasteiger partial charge in [0.25, 0.3) is 0 Å². The lowest BCUT2D eigenvalue weighted by Crippen LogP contribution is -2.39. The Morgan fingerprint density at radius 2 is 1.88 bits per heavy atom. The lowest BCUT2D eigenvalue weighted by molar-refractivity contribution is 0.0910. The summed E-state index contributed by atoms with van der Waals surface area (Å²) >= 11 is 0. The molecule has 0 aliphatic heterocycles. The third-order valence-corrected chi connectivity index (χ3v) is 3.28. The number of ether oxygens (including phenoxy) is 1. The van der Waals surface area contributed by atoms with Gasteiger partial charge in [-0.05, 0) is 26.5 Å². The molecule has 1 rings (SSSR count). The molecule has 2 N–H and O–H groups in total. The van der Waals surface area contributed by atoms with E-state index in [0.29, 0.717) is 12.6 Å². The molecule has 2 atom stereocenters. The molecule has 0 spiro atoms. The highest BCUT2D eigenvalue weighted by Gasteiger charge is 2.19. The Balaban J connectivity index is 2.79. The maximum Gasteiger partial charge on any atom is 0.0615 e. The van der Waals surface area contributed by atoms with Gasteiger partial charge in [-0.15, -0.1) is 0 Å². The van der Waals surface area contributed by atoms with Crippen LogP contribution in [0.1, 0.15) is 24.1 Å². The van der Waals surface area contributed by atoms with Crippen LogP contribution in [-0.4, -0.2) is 38.3 Å². The molecule has 2 unspecified atom stereocenters. The van der Waals surface area contributed by atoms with Crippen LogP contribution in [-0.2, 0) is 4.74 Å². The van der Waals surface area contributed by atoms with E-state index in [1.807, 2.05) is 0 Å². The normalized spacial score (nSPS) is 14.9. The van der Waals surface area contributed by atoms with E-state index >= 15 is 0 Å². The number of aryl methyl sites for hydroxylation is 1. The van der Waals surface area contributed by atoms with Crippen molar-refractivity contribution >= 4 is 0 Å². The quantitative estimate of drug-likeness (QED) is 0.820. The van der Waals surface area contributed by atoms with Gasteiger partial charge >= 0.3 is 0 Å². The Morgan fingerprint density at radius 3 is 2.35 bits per heavy atom. The summed E-state index contributed by atoms with van der Waals surface area (Å²) in [5.41, 5.74) is 8.44. The van der Waals surface area contributed by atoms with Crippen molar-refractivity contribution in [3.8, 4) is 0 Å². The van der Waals surface area contributed by atoms with Crippen LogP contribution in [0.5, 0.6) is 0 Å². The summed E-state index contributed by atoms with van der Waals surface area (Å²) < 4.78 is 5.19. The van der Waals surface area contributed by atoms with Crippen LogP contribution in [0.25, 0.3) is 0 Å². The zero-order valence-electron chi connectivity index (χ0n) is 11.3. The van der Waals surface area contributed by atoms with Gasteiger partial charge in [-0.1, -0.05) is 29.8 Å². The lowest BCUT2D eigenvalue weighted by atomic mass is 10.0. The summed E-state index contributed by atoms with van der Waals surface area (Å²) in [4.78, 5) is 2.27. The SMILES string of the molecule is COCC(C)N(C)C(CN)c1ccc(C)cc1. The molecular weight excluding hydrogens is 212 g/mol. The third kappa shape index (κ3) is 3.80.